The van der Waals surface area contributed by atoms with Gasteiger partial charge in [0.25, 0.3) is 0 Å². The van der Waals surface area contributed by atoms with Crippen molar-refractivity contribution in [1.82, 2.24) is 0 Å². The van der Waals surface area contributed by atoms with Crippen molar-refractivity contribution in [3.8, 4) is 0 Å². The van der Waals surface area contributed by atoms with Gasteiger partial charge < -0.3 is 0 Å². The van der Waals surface area contributed by atoms with E-state index in [1.54, 1.807) is 11.3 Å². The summed E-state index contributed by atoms with van der Waals surface area (Å²) in [6, 6.07) is 8.49. The number of aryl methyl sites for hydroxylation is 2. The Bertz CT molecular complexity index is 504. The lowest BCUT2D eigenvalue weighted by molar-refractivity contribution is 1.51. The van der Waals surface area contributed by atoms with E-state index in [1.165, 1.54) is 20.5 Å². The summed E-state index contributed by atoms with van der Waals surface area (Å²) >= 11 is 7.09. The van der Waals surface area contributed by atoms with Gasteiger partial charge in [0.2, 0.25) is 0 Å². The fourth-order valence-corrected chi connectivity index (χ4v) is 2.93. The lowest BCUT2D eigenvalue weighted by atomic mass is 10.2. The Morgan fingerprint density at radius 1 is 1.15 bits per heavy atom. The molecule has 1 aromatic heterocycles. The molecule has 0 radical (unpaired) electrons. The predicted octanol–water partition coefficient (Wildman–Crippen LogP) is 4.25. The number of rotatable bonds is 0. The fraction of sp³-hybridized carbons (Fsp3) is 0.182. The Kier molecular flexibility index (Phi) is 2.18. The van der Waals surface area contributed by atoms with Gasteiger partial charge in [0, 0.05) is 19.5 Å². The summed E-state index contributed by atoms with van der Waals surface area (Å²) in [5.74, 6) is 0. The molecular weight excluding hydrogens is 196 g/mol. The lowest BCUT2D eigenvalue weighted by Crippen LogP contribution is -1.75. The summed E-state index contributed by atoms with van der Waals surface area (Å²) in [5.41, 5.74) is 1.30. The Balaban J connectivity index is 2.95. The van der Waals surface area contributed by atoms with Gasteiger partial charge in [0.05, 0.1) is 0 Å². The third-order valence-electron chi connectivity index (χ3n) is 2.01. The first kappa shape index (κ1) is 8.85. The maximum atomic E-state index is 5.29. The Morgan fingerprint density at radius 3 is 2.69 bits per heavy atom. The van der Waals surface area contributed by atoms with Crippen LogP contribution >= 0.6 is 23.6 Å². The molecule has 0 aliphatic heterocycles. The molecular formula is C11H10S2. The zero-order valence-electron chi connectivity index (χ0n) is 7.63. The van der Waals surface area contributed by atoms with Gasteiger partial charge in [-0.1, -0.05) is 24.4 Å². The highest BCUT2D eigenvalue weighted by Crippen LogP contribution is 2.24. The van der Waals surface area contributed by atoms with Gasteiger partial charge in [0.1, 0.15) is 0 Å². The van der Waals surface area contributed by atoms with E-state index < -0.39 is 0 Å². The summed E-state index contributed by atoms with van der Waals surface area (Å²) in [4.78, 5) is 1.28. The molecule has 0 N–H and O–H groups in total. The largest absolute Gasteiger partial charge is 0.141 e. The van der Waals surface area contributed by atoms with Crippen molar-refractivity contribution in [3.63, 3.8) is 0 Å². The zero-order chi connectivity index (χ0) is 9.42. The van der Waals surface area contributed by atoms with Crippen molar-refractivity contribution < 1.29 is 0 Å². The maximum absolute atomic E-state index is 5.29. The molecule has 0 aliphatic carbocycles. The van der Waals surface area contributed by atoms with Gasteiger partial charge in [-0.05, 0) is 31.5 Å². The Labute approximate surface area is 86.9 Å². The van der Waals surface area contributed by atoms with Crippen molar-refractivity contribution in [2.75, 3.05) is 0 Å². The van der Waals surface area contributed by atoms with E-state index in [2.05, 4.69) is 38.1 Å². The lowest BCUT2D eigenvalue weighted by Gasteiger charge is -1.99. The third kappa shape index (κ3) is 1.64. The van der Waals surface area contributed by atoms with Crippen molar-refractivity contribution in [2.24, 2.45) is 0 Å². The molecule has 13 heavy (non-hydrogen) atoms. The quantitative estimate of drug-likeness (QED) is 0.581. The zero-order valence-corrected chi connectivity index (χ0v) is 9.26. The third-order valence-corrected chi connectivity index (χ3v) is 3.34. The minimum atomic E-state index is 0.964. The second kappa shape index (κ2) is 3.20. The molecule has 2 heteroatoms. The van der Waals surface area contributed by atoms with Crippen LogP contribution in [-0.4, -0.2) is 0 Å². The average molecular weight is 206 g/mol. The molecule has 66 valence electrons. The second-order valence-electron chi connectivity index (χ2n) is 3.22. The number of fused-ring (bicyclic) bond motifs is 1. The SMILES string of the molecule is Cc1ccc2c(=S)cc(C)sc2c1. The minimum Gasteiger partial charge on any atom is -0.141 e. The highest BCUT2D eigenvalue weighted by atomic mass is 32.1. The van der Waals surface area contributed by atoms with E-state index in [4.69, 9.17) is 12.2 Å². The molecule has 0 fully saturated rings. The van der Waals surface area contributed by atoms with Gasteiger partial charge in [-0.15, -0.1) is 11.3 Å². The van der Waals surface area contributed by atoms with Crippen molar-refractivity contribution in [2.45, 2.75) is 13.8 Å². The monoisotopic (exact) mass is 206 g/mol. The van der Waals surface area contributed by atoms with Crippen LogP contribution in [0.25, 0.3) is 10.1 Å². The molecule has 0 nitrogen and oxygen atoms in total. The van der Waals surface area contributed by atoms with Crippen molar-refractivity contribution in [3.05, 3.63) is 39.2 Å². The molecule has 0 spiro atoms. The second-order valence-corrected chi connectivity index (χ2v) is 4.95. The summed E-state index contributed by atoms with van der Waals surface area (Å²) in [6.45, 7) is 4.21. The van der Waals surface area contributed by atoms with E-state index in [9.17, 15) is 0 Å². The first-order valence-corrected chi connectivity index (χ1v) is 5.40. The van der Waals surface area contributed by atoms with E-state index in [0.29, 0.717) is 0 Å². The van der Waals surface area contributed by atoms with Gasteiger partial charge >= 0.3 is 0 Å². The number of hydrogen-bond donors (Lipinski definition) is 0. The molecule has 2 rings (SSSR count). The first-order chi connectivity index (χ1) is 6.16. The van der Waals surface area contributed by atoms with Crippen LogP contribution in [0.2, 0.25) is 0 Å². The highest BCUT2D eigenvalue weighted by Gasteiger charge is 1.97. The molecule has 2 aromatic rings. The Morgan fingerprint density at radius 2 is 1.92 bits per heavy atom. The number of benzene rings is 1. The Hall–Kier alpha value is -0.730. The molecule has 0 saturated heterocycles. The summed E-state index contributed by atoms with van der Waals surface area (Å²) < 4.78 is 2.26. The summed E-state index contributed by atoms with van der Waals surface area (Å²) in [7, 11) is 0. The summed E-state index contributed by atoms with van der Waals surface area (Å²) in [5, 5.41) is 1.20. The molecule has 1 heterocycles. The van der Waals surface area contributed by atoms with E-state index >= 15 is 0 Å². The van der Waals surface area contributed by atoms with E-state index in [-0.39, 0.29) is 0 Å². The van der Waals surface area contributed by atoms with Crippen LogP contribution in [0, 0.1) is 18.4 Å². The fourth-order valence-electron chi connectivity index (χ4n) is 1.38. The van der Waals surface area contributed by atoms with Crippen LogP contribution in [0.15, 0.2) is 24.3 Å². The van der Waals surface area contributed by atoms with Crippen LogP contribution in [-0.2, 0) is 0 Å². The molecule has 0 aliphatic rings. The average Bonchev–Trinajstić information content (AvgIpc) is 2.02. The van der Waals surface area contributed by atoms with E-state index in [0.717, 1.165) is 4.51 Å². The first-order valence-electron chi connectivity index (χ1n) is 4.18. The minimum absolute atomic E-state index is 0.964. The predicted molar refractivity (Wildman–Crippen MR) is 62.1 cm³/mol. The topological polar surface area (TPSA) is 0 Å². The molecule has 0 bridgehead atoms. The van der Waals surface area contributed by atoms with Crippen LogP contribution in [0.4, 0.5) is 0 Å². The van der Waals surface area contributed by atoms with Crippen molar-refractivity contribution >= 4 is 33.6 Å². The summed E-state index contributed by atoms with van der Waals surface area (Å²) in [6.07, 6.45) is 0. The van der Waals surface area contributed by atoms with E-state index in [1.807, 2.05) is 0 Å². The van der Waals surface area contributed by atoms with Crippen molar-refractivity contribution in [1.29, 1.82) is 0 Å². The molecule has 1 aromatic carbocycles. The smallest absolute Gasteiger partial charge is 0.0474 e. The van der Waals surface area contributed by atoms with Crippen LogP contribution in [0.3, 0.4) is 0 Å². The molecule has 0 amide bonds. The highest BCUT2D eigenvalue weighted by molar-refractivity contribution is 7.71. The standard InChI is InChI=1S/C11H10S2/c1-7-3-4-9-10(12)6-8(2)13-11(9)5-7/h3-6H,1-2H3. The van der Waals surface area contributed by atoms with Gasteiger partial charge in [-0.2, -0.15) is 0 Å². The molecule has 0 saturated carbocycles. The molecule has 0 atom stereocenters. The van der Waals surface area contributed by atoms with Gasteiger partial charge in [-0.3, -0.25) is 0 Å². The molecule has 0 unspecified atom stereocenters. The van der Waals surface area contributed by atoms with Gasteiger partial charge in [-0.25, -0.2) is 0 Å². The normalized spacial score (nSPS) is 10.6. The number of hydrogen-bond acceptors (Lipinski definition) is 2. The van der Waals surface area contributed by atoms with Crippen LogP contribution in [0.5, 0.6) is 0 Å². The van der Waals surface area contributed by atoms with Gasteiger partial charge in [0.15, 0.2) is 0 Å². The van der Waals surface area contributed by atoms with Crippen LogP contribution < -0.4 is 0 Å². The maximum Gasteiger partial charge on any atom is 0.0474 e. The van der Waals surface area contributed by atoms with Crippen LogP contribution in [0.1, 0.15) is 10.4 Å².